The summed E-state index contributed by atoms with van der Waals surface area (Å²) in [6, 6.07) is 16.8. The first kappa shape index (κ1) is 20.2. The lowest BCUT2D eigenvalue weighted by atomic mass is 9.85. The van der Waals surface area contributed by atoms with E-state index in [9.17, 15) is 19.2 Å². The van der Waals surface area contributed by atoms with Crippen LogP contribution in [0.2, 0.25) is 0 Å². The third-order valence-corrected chi connectivity index (χ3v) is 5.31. The van der Waals surface area contributed by atoms with Crippen LogP contribution in [0.1, 0.15) is 23.0 Å². The van der Waals surface area contributed by atoms with E-state index in [-0.39, 0.29) is 12.5 Å². The van der Waals surface area contributed by atoms with Crippen molar-refractivity contribution in [1.29, 1.82) is 0 Å². The van der Waals surface area contributed by atoms with Gasteiger partial charge in [0.25, 0.3) is 5.91 Å². The molecule has 0 spiro atoms. The molecule has 156 valence electrons. The van der Waals surface area contributed by atoms with Crippen molar-refractivity contribution < 1.29 is 19.2 Å². The second-order valence-electron chi connectivity index (χ2n) is 7.63. The van der Waals surface area contributed by atoms with Crippen LogP contribution in [0.15, 0.2) is 60.7 Å². The van der Waals surface area contributed by atoms with Gasteiger partial charge in [-0.25, -0.2) is 4.79 Å². The molecule has 2 aromatic carbocycles. The van der Waals surface area contributed by atoms with Gasteiger partial charge in [-0.05, 0) is 38.1 Å². The number of amides is 5. The predicted molar refractivity (Wildman–Crippen MR) is 114 cm³/mol. The predicted octanol–water partition coefficient (Wildman–Crippen LogP) is 2.56. The number of hydrogen-bond donors (Lipinski definition) is 2. The molecule has 2 N–H and O–H groups in total. The van der Waals surface area contributed by atoms with Crippen molar-refractivity contribution >= 4 is 40.3 Å². The number of para-hydroxylation sites is 1. The third kappa shape index (κ3) is 3.63. The lowest BCUT2D eigenvalue weighted by Gasteiger charge is -2.35. The van der Waals surface area contributed by atoms with Gasteiger partial charge in [-0.1, -0.05) is 36.4 Å². The number of pyridine rings is 1. The zero-order valence-electron chi connectivity index (χ0n) is 17.0. The average Bonchev–Trinajstić information content (AvgIpc) is 2.75. The first-order chi connectivity index (χ1) is 14.8. The number of hydrogen-bond acceptors (Lipinski definition) is 5. The number of benzene rings is 2. The fraction of sp³-hybridized carbons (Fsp3) is 0.174. The zero-order chi connectivity index (χ0) is 22.2. The largest absolute Gasteiger partial charge is 0.328 e. The van der Waals surface area contributed by atoms with E-state index in [0.29, 0.717) is 27.8 Å². The van der Waals surface area contributed by atoms with Gasteiger partial charge in [0, 0.05) is 23.2 Å². The fourth-order valence-corrected chi connectivity index (χ4v) is 3.59. The van der Waals surface area contributed by atoms with Gasteiger partial charge in [0.1, 0.15) is 5.41 Å². The molecule has 3 aromatic rings. The summed E-state index contributed by atoms with van der Waals surface area (Å²) in [6.45, 7) is 2.95. The van der Waals surface area contributed by atoms with Crippen molar-refractivity contribution in [1.82, 2.24) is 15.6 Å². The van der Waals surface area contributed by atoms with E-state index in [0.717, 1.165) is 0 Å². The Kier molecular flexibility index (Phi) is 4.98. The molecule has 31 heavy (non-hydrogen) atoms. The topological polar surface area (TPSA) is 108 Å². The molecular weight excluding hydrogens is 396 g/mol. The van der Waals surface area contributed by atoms with Crippen LogP contribution >= 0.6 is 0 Å². The van der Waals surface area contributed by atoms with Crippen molar-refractivity contribution in [3.63, 3.8) is 0 Å². The Bertz CT molecular complexity index is 1200. The maximum Gasteiger partial charge on any atom is 0.328 e. The number of nitrogens with zero attached hydrogens (tertiary/aromatic N) is 2. The Labute approximate surface area is 178 Å². The molecule has 1 aliphatic rings. The Hall–Kier alpha value is -4.07. The average molecular weight is 416 g/mol. The van der Waals surface area contributed by atoms with Gasteiger partial charge >= 0.3 is 6.03 Å². The van der Waals surface area contributed by atoms with E-state index in [4.69, 9.17) is 0 Å². The minimum Gasteiger partial charge on any atom is -0.306 e. The van der Waals surface area contributed by atoms with Gasteiger partial charge in [0.15, 0.2) is 0 Å². The maximum atomic E-state index is 13.6. The number of aromatic nitrogens is 1. The summed E-state index contributed by atoms with van der Waals surface area (Å²) in [6.07, 6.45) is 0. The van der Waals surface area contributed by atoms with E-state index >= 15 is 0 Å². The summed E-state index contributed by atoms with van der Waals surface area (Å²) in [7, 11) is 0. The highest BCUT2D eigenvalue weighted by Gasteiger charge is 2.48. The standard InChI is InChI=1S/C23H20N4O4/c1-14-12-18(16-10-6-7-11-17(16)24-14)27(19(28)15-8-4-3-5-9-15)13-23(2)20(29)25-22(31)26-21(23)30/h3-12H,13H2,1-2H3,(H2,25,26,29,30,31). The molecule has 1 aromatic heterocycles. The Morgan fingerprint density at radius 1 is 0.968 bits per heavy atom. The second kappa shape index (κ2) is 7.64. The molecule has 8 nitrogen and oxygen atoms in total. The summed E-state index contributed by atoms with van der Waals surface area (Å²) < 4.78 is 0. The molecule has 8 heteroatoms. The molecular formula is C23H20N4O4. The molecule has 0 aliphatic carbocycles. The number of anilines is 1. The van der Waals surface area contributed by atoms with Gasteiger partial charge in [-0.15, -0.1) is 0 Å². The highest BCUT2D eigenvalue weighted by Crippen LogP contribution is 2.32. The van der Waals surface area contributed by atoms with Crippen molar-refractivity contribution in [2.24, 2.45) is 5.41 Å². The number of nitrogens with one attached hydrogen (secondary N) is 2. The van der Waals surface area contributed by atoms with Crippen LogP contribution in [0.4, 0.5) is 10.5 Å². The van der Waals surface area contributed by atoms with E-state index in [2.05, 4.69) is 15.6 Å². The number of imide groups is 2. The van der Waals surface area contributed by atoms with E-state index in [1.807, 2.05) is 31.2 Å². The second-order valence-corrected chi connectivity index (χ2v) is 7.63. The molecule has 0 bridgehead atoms. The first-order valence-electron chi connectivity index (χ1n) is 9.70. The monoisotopic (exact) mass is 416 g/mol. The van der Waals surface area contributed by atoms with Gasteiger partial charge in [0.2, 0.25) is 11.8 Å². The number of carbonyl (C=O) groups excluding carboxylic acids is 4. The smallest absolute Gasteiger partial charge is 0.306 e. The molecule has 0 radical (unpaired) electrons. The maximum absolute atomic E-state index is 13.6. The number of rotatable bonds is 4. The van der Waals surface area contributed by atoms with Crippen LogP contribution in [-0.4, -0.2) is 35.3 Å². The minimum absolute atomic E-state index is 0.265. The number of urea groups is 1. The zero-order valence-corrected chi connectivity index (χ0v) is 17.0. The molecule has 4 rings (SSSR count). The summed E-state index contributed by atoms with van der Waals surface area (Å²) in [5, 5.41) is 4.95. The van der Waals surface area contributed by atoms with Gasteiger partial charge in [-0.3, -0.25) is 30.0 Å². The molecule has 0 saturated carbocycles. The molecule has 1 saturated heterocycles. The summed E-state index contributed by atoms with van der Waals surface area (Å²) >= 11 is 0. The molecule has 1 fully saturated rings. The Morgan fingerprint density at radius 2 is 1.58 bits per heavy atom. The minimum atomic E-state index is -1.67. The van der Waals surface area contributed by atoms with Gasteiger partial charge < -0.3 is 4.90 Å². The van der Waals surface area contributed by atoms with Crippen molar-refractivity contribution in [3.8, 4) is 0 Å². The quantitative estimate of drug-likeness (QED) is 0.636. The van der Waals surface area contributed by atoms with E-state index < -0.39 is 23.3 Å². The van der Waals surface area contributed by atoms with Gasteiger partial charge in [-0.2, -0.15) is 0 Å². The van der Waals surface area contributed by atoms with Crippen LogP contribution in [0.5, 0.6) is 0 Å². The van der Waals surface area contributed by atoms with Crippen LogP contribution in [0.3, 0.4) is 0 Å². The number of fused-ring (bicyclic) bond motifs is 1. The summed E-state index contributed by atoms with van der Waals surface area (Å²) in [5.41, 5.74) is 0.614. The highest BCUT2D eigenvalue weighted by atomic mass is 16.2. The first-order valence-corrected chi connectivity index (χ1v) is 9.70. The highest BCUT2D eigenvalue weighted by molar-refractivity contribution is 6.20. The van der Waals surface area contributed by atoms with Crippen molar-refractivity contribution in [2.75, 3.05) is 11.4 Å². The number of barbiturate groups is 1. The van der Waals surface area contributed by atoms with Crippen LogP contribution in [-0.2, 0) is 9.59 Å². The van der Waals surface area contributed by atoms with E-state index in [1.165, 1.54) is 11.8 Å². The normalized spacial score (nSPS) is 15.4. The SMILES string of the molecule is Cc1cc(N(CC2(C)C(=O)NC(=O)NC2=O)C(=O)c2ccccc2)c2ccccc2n1. The summed E-state index contributed by atoms with van der Waals surface area (Å²) in [5.74, 6) is -1.90. The Balaban J connectivity index is 1.88. The van der Waals surface area contributed by atoms with Gasteiger partial charge in [0.05, 0.1) is 11.2 Å². The molecule has 0 unspecified atom stereocenters. The van der Waals surface area contributed by atoms with Crippen molar-refractivity contribution in [2.45, 2.75) is 13.8 Å². The number of carbonyl (C=O) groups is 4. The lowest BCUT2D eigenvalue weighted by Crippen LogP contribution is -2.64. The number of aryl methyl sites for hydroxylation is 1. The molecule has 1 aliphatic heterocycles. The fourth-order valence-electron chi connectivity index (χ4n) is 3.59. The molecule has 2 heterocycles. The van der Waals surface area contributed by atoms with Crippen LogP contribution in [0, 0.1) is 12.3 Å². The van der Waals surface area contributed by atoms with Crippen molar-refractivity contribution in [3.05, 3.63) is 71.9 Å². The summed E-state index contributed by atoms with van der Waals surface area (Å²) in [4.78, 5) is 56.3. The lowest BCUT2D eigenvalue weighted by molar-refractivity contribution is -0.142. The van der Waals surface area contributed by atoms with Crippen LogP contribution in [0.25, 0.3) is 10.9 Å². The molecule has 0 atom stereocenters. The Morgan fingerprint density at radius 3 is 2.26 bits per heavy atom. The van der Waals surface area contributed by atoms with E-state index in [1.54, 1.807) is 36.4 Å². The third-order valence-electron chi connectivity index (χ3n) is 5.31. The molecule has 5 amide bonds. The van der Waals surface area contributed by atoms with Crippen LogP contribution < -0.4 is 15.5 Å².